The zero-order valence-electron chi connectivity index (χ0n) is 12.2. The van der Waals surface area contributed by atoms with Crippen LogP contribution in [0.1, 0.15) is 26.2 Å². The van der Waals surface area contributed by atoms with E-state index in [1.807, 2.05) is 18.2 Å². The molecule has 2 N–H and O–H groups in total. The number of carbonyl (C=O) groups is 1. The first-order valence-electron chi connectivity index (χ1n) is 7.44. The molecule has 1 aromatic carbocycles. The van der Waals surface area contributed by atoms with E-state index in [0.29, 0.717) is 0 Å². The lowest BCUT2D eigenvalue weighted by Gasteiger charge is -2.35. The van der Waals surface area contributed by atoms with Crippen molar-refractivity contribution in [3.63, 3.8) is 0 Å². The highest BCUT2D eigenvalue weighted by Gasteiger charge is 2.37. The van der Waals surface area contributed by atoms with Crippen molar-refractivity contribution in [2.24, 2.45) is 5.41 Å². The highest BCUT2D eigenvalue weighted by Crippen LogP contribution is 2.32. The zero-order valence-corrected chi connectivity index (χ0v) is 13.0. The minimum atomic E-state index is -0.136. The summed E-state index contributed by atoms with van der Waals surface area (Å²) in [6.07, 6.45) is 2.86. The third-order valence-electron chi connectivity index (χ3n) is 4.12. The Bertz CT molecular complexity index is 416. The van der Waals surface area contributed by atoms with Crippen LogP contribution in [0.25, 0.3) is 0 Å². The molecule has 1 aliphatic heterocycles. The van der Waals surface area contributed by atoms with Gasteiger partial charge in [-0.1, -0.05) is 25.1 Å². The average molecular weight is 292 g/mol. The van der Waals surface area contributed by atoms with Gasteiger partial charge >= 0.3 is 0 Å². The SMILES string of the molecule is CCC1(C(=O)NCCSc2ccccc2)CCNCC1. The molecular formula is C16H24N2OS. The van der Waals surface area contributed by atoms with E-state index in [-0.39, 0.29) is 11.3 Å². The van der Waals surface area contributed by atoms with Crippen LogP contribution in [0.2, 0.25) is 0 Å². The molecule has 0 unspecified atom stereocenters. The van der Waals surface area contributed by atoms with Gasteiger partial charge in [-0.15, -0.1) is 11.8 Å². The monoisotopic (exact) mass is 292 g/mol. The highest BCUT2D eigenvalue weighted by atomic mass is 32.2. The molecule has 1 fully saturated rings. The fourth-order valence-corrected chi connectivity index (χ4v) is 3.47. The number of hydrogen-bond donors (Lipinski definition) is 2. The van der Waals surface area contributed by atoms with Crippen molar-refractivity contribution in [3.8, 4) is 0 Å². The van der Waals surface area contributed by atoms with Gasteiger partial charge in [0.25, 0.3) is 0 Å². The van der Waals surface area contributed by atoms with Gasteiger partial charge in [0.15, 0.2) is 0 Å². The lowest BCUT2D eigenvalue weighted by Crippen LogP contribution is -2.47. The molecule has 0 aromatic heterocycles. The maximum atomic E-state index is 12.4. The summed E-state index contributed by atoms with van der Waals surface area (Å²) in [5.74, 6) is 1.17. The van der Waals surface area contributed by atoms with E-state index in [1.165, 1.54) is 4.90 Å². The first kappa shape index (κ1) is 15.4. The van der Waals surface area contributed by atoms with Crippen LogP contribution in [0.5, 0.6) is 0 Å². The molecule has 4 heteroatoms. The number of rotatable bonds is 6. The Hall–Kier alpha value is -1.00. The molecule has 0 saturated carbocycles. The molecule has 0 radical (unpaired) electrons. The van der Waals surface area contributed by atoms with Crippen LogP contribution in [0.3, 0.4) is 0 Å². The summed E-state index contributed by atoms with van der Waals surface area (Å²) in [5.41, 5.74) is -0.136. The van der Waals surface area contributed by atoms with Gasteiger partial charge in [0.2, 0.25) is 5.91 Å². The van der Waals surface area contributed by atoms with Crippen molar-refractivity contribution in [2.45, 2.75) is 31.1 Å². The van der Waals surface area contributed by atoms with E-state index in [1.54, 1.807) is 11.8 Å². The Morgan fingerprint density at radius 3 is 2.65 bits per heavy atom. The molecule has 0 aliphatic carbocycles. The van der Waals surface area contributed by atoms with E-state index < -0.39 is 0 Å². The summed E-state index contributed by atoms with van der Waals surface area (Å²) >= 11 is 1.79. The Kier molecular flexibility index (Phi) is 5.92. The Labute approximate surface area is 125 Å². The van der Waals surface area contributed by atoms with Gasteiger partial charge in [0, 0.05) is 17.2 Å². The molecule has 0 spiro atoms. The zero-order chi connectivity index (χ0) is 14.3. The van der Waals surface area contributed by atoms with Crippen molar-refractivity contribution in [1.82, 2.24) is 10.6 Å². The average Bonchev–Trinajstić information content (AvgIpc) is 2.53. The predicted molar refractivity (Wildman–Crippen MR) is 85.0 cm³/mol. The Balaban J connectivity index is 1.74. The van der Waals surface area contributed by atoms with Gasteiger partial charge < -0.3 is 10.6 Å². The lowest BCUT2D eigenvalue weighted by atomic mass is 9.76. The molecule has 0 atom stereocenters. The van der Waals surface area contributed by atoms with E-state index in [0.717, 1.165) is 44.6 Å². The fraction of sp³-hybridized carbons (Fsp3) is 0.562. The summed E-state index contributed by atoms with van der Waals surface area (Å²) in [5, 5.41) is 6.46. The summed E-state index contributed by atoms with van der Waals surface area (Å²) in [7, 11) is 0. The first-order valence-corrected chi connectivity index (χ1v) is 8.42. The minimum Gasteiger partial charge on any atom is -0.355 e. The summed E-state index contributed by atoms with van der Waals surface area (Å²) < 4.78 is 0. The second-order valence-electron chi connectivity index (χ2n) is 5.30. The maximum absolute atomic E-state index is 12.4. The highest BCUT2D eigenvalue weighted by molar-refractivity contribution is 7.99. The van der Waals surface area contributed by atoms with Gasteiger partial charge in [-0.25, -0.2) is 0 Å². The Morgan fingerprint density at radius 1 is 1.30 bits per heavy atom. The number of thioether (sulfide) groups is 1. The number of benzene rings is 1. The van der Waals surface area contributed by atoms with Crippen molar-refractivity contribution in [3.05, 3.63) is 30.3 Å². The van der Waals surface area contributed by atoms with E-state index in [9.17, 15) is 4.79 Å². The van der Waals surface area contributed by atoms with Gasteiger partial charge in [-0.05, 0) is 44.5 Å². The smallest absolute Gasteiger partial charge is 0.226 e. The number of amides is 1. The molecule has 1 saturated heterocycles. The number of nitrogens with one attached hydrogen (secondary N) is 2. The number of carbonyl (C=O) groups excluding carboxylic acids is 1. The van der Waals surface area contributed by atoms with Gasteiger partial charge in [0.1, 0.15) is 0 Å². The summed E-state index contributed by atoms with van der Waals surface area (Å²) in [6.45, 7) is 4.79. The number of hydrogen-bond acceptors (Lipinski definition) is 3. The lowest BCUT2D eigenvalue weighted by molar-refractivity contribution is -0.132. The van der Waals surface area contributed by atoms with Crippen molar-refractivity contribution >= 4 is 17.7 Å². The molecule has 20 heavy (non-hydrogen) atoms. The van der Waals surface area contributed by atoms with Crippen LogP contribution in [0.15, 0.2) is 35.2 Å². The topological polar surface area (TPSA) is 41.1 Å². The van der Waals surface area contributed by atoms with Gasteiger partial charge in [-0.3, -0.25) is 4.79 Å². The molecule has 1 aromatic rings. The van der Waals surface area contributed by atoms with Crippen molar-refractivity contribution < 1.29 is 4.79 Å². The van der Waals surface area contributed by atoms with E-state index in [2.05, 4.69) is 29.7 Å². The van der Waals surface area contributed by atoms with Crippen molar-refractivity contribution in [1.29, 1.82) is 0 Å². The molecule has 2 rings (SSSR count). The number of piperidine rings is 1. The normalized spacial score (nSPS) is 17.6. The molecule has 1 aliphatic rings. The molecule has 110 valence electrons. The van der Waals surface area contributed by atoms with Crippen LogP contribution in [-0.4, -0.2) is 31.3 Å². The van der Waals surface area contributed by atoms with E-state index in [4.69, 9.17) is 0 Å². The predicted octanol–water partition coefficient (Wildman–Crippen LogP) is 2.67. The van der Waals surface area contributed by atoms with Crippen LogP contribution < -0.4 is 10.6 Å². The maximum Gasteiger partial charge on any atom is 0.226 e. The molecule has 0 bridgehead atoms. The standard InChI is InChI=1S/C16H24N2OS/c1-2-16(8-10-17-11-9-16)15(19)18-12-13-20-14-6-4-3-5-7-14/h3-7,17H,2,8-13H2,1H3,(H,18,19). The third-order valence-corrected chi connectivity index (χ3v) is 5.13. The van der Waals surface area contributed by atoms with E-state index >= 15 is 0 Å². The first-order chi connectivity index (χ1) is 9.77. The summed E-state index contributed by atoms with van der Waals surface area (Å²) in [6, 6.07) is 10.3. The fourth-order valence-electron chi connectivity index (χ4n) is 2.68. The summed E-state index contributed by atoms with van der Waals surface area (Å²) in [4.78, 5) is 13.7. The molecule has 3 nitrogen and oxygen atoms in total. The van der Waals surface area contributed by atoms with Crippen LogP contribution in [0.4, 0.5) is 0 Å². The molecule has 1 amide bonds. The second kappa shape index (κ2) is 7.70. The largest absolute Gasteiger partial charge is 0.355 e. The quantitative estimate of drug-likeness (QED) is 0.625. The molecular weight excluding hydrogens is 268 g/mol. The Morgan fingerprint density at radius 2 is 2.00 bits per heavy atom. The van der Waals surface area contributed by atoms with Crippen LogP contribution >= 0.6 is 11.8 Å². The van der Waals surface area contributed by atoms with Gasteiger partial charge in [-0.2, -0.15) is 0 Å². The second-order valence-corrected chi connectivity index (χ2v) is 6.47. The van der Waals surface area contributed by atoms with Crippen LogP contribution in [-0.2, 0) is 4.79 Å². The van der Waals surface area contributed by atoms with Crippen molar-refractivity contribution in [2.75, 3.05) is 25.4 Å². The minimum absolute atomic E-state index is 0.136. The van der Waals surface area contributed by atoms with Crippen LogP contribution in [0, 0.1) is 5.41 Å². The molecule has 1 heterocycles. The van der Waals surface area contributed by atoms with Gasteiger partial charge in [0.05, 0.1) is 5.41 Å². The third kappa shape index (κ3) is 4.00.